The van der Waals surface area contributed by atoms with Crippen LogP contribution in [-0.2, 0) is 0 Å². The molecule has 0 atom stereocenters. The Labute approximate surface area is 141 Å². The van der Waals surface area contributed by atoms with Gasteiger partial charge in [-0.25, -0.2) is 0 Å². The minimum atomic E-state index is -0.369. The lowest BCUT2D eigenvalue weighted by Crippen LogP contribution is -2.10. The smallest absolute Gasteiger partial charge is 0.271 e. The van der Waals surface area contributed by atoms with Gasteiger partial charge in [0, 0.05) is 23.5 Å². The van der Waals surface area contributed by atoms with Crippen molar-refractivity contribution in [3.05, 3.63) is 94.0 Å². The third-order valence-electron chi connectivity index (χ3n) is 3.88. The number of nitro groups is 1. The quantitative estimate of drug-likeness (QED) is 0.459. The van der Waals surface area contributed by atoms with Crippen molar-refractivity contribution in [1.82, 2.24) is 0 Å². The average Bonchev–Trinajstić information content (AvgIpc) is 2.59. The summed E-state index contributed by atoms with van der Waals surface area (Å²) in [5.74, 6) is 0. The van der Waals surface area contributed by atoms with Crippen LogP contribution in [-0.4, -0.2) is 4.92 Å². The normalized spacial score (nSPS) is 10.4. The van der Waals surface area contributed by atoms with E-state index in [1.54, 1.807) is 12.1 Å². The van der Waals surface area contributed by atoms with Gasteiger partial charge in [0.25, 0.3) is 5.69 Å². The second-order valence-corrected chi connectivity index (χ2v) is 5.78. The molecule has 0 saturated heterocycles. The predicted molar refractivity (Wildman–Crippen MR) is 97.3 cm³/mol. The van der Waals surface area contributed by atoms with Crippen LogP contribution in [0.4, 0.5) is 22.7 Å². The van der Waals surface area contributed by atoms with Crippen LogP contribution >= 0.6 is 0 Å². The summed E-state index contributed by atoms with van der Waals surface area (Å²) < 4.78 is 0. The second-order valence-electron chi connectivity index (χ2n) is 5.78. The molecule has 0 aliphatic carbocycles. The molecule has 3 rings (SSSR count). The van der Waals surface area contributed by atoms with E-state index in [1.807, 2.05) is 73.3 Å². The molecule has 0 bridgehead atoms. The number of anilines is 3. The van der Waals surface area contributed by atoms with Crippen molar-refractivity contribution in [3.63, 3.8) is 0 Å². The van der Waals surface area contributed by atoms with Crippen LogP contribution in [0.2, 0.25) is 0 Å². The van der Waals surface area contributed by atoms with Gasteiger partial charge in [-0.2, -0.15) is 0 Å². The van der Waals surface area contributed by atoms with Gasteiger partial charge in [0.05, 0.1) is 10.6 Å². The van der Waals surface area contributed by atoms with E-state index in [0.29, 0.717) is 0 Å². The van der Waals surface area contributed by atoms with E-state index in [0.717, 1.165) is 17.1 Å². The number of hydrogen-bond acceptors (Lipinski definition) is 3. The lowest BCUT2D eigenvalue weighted by molar-refractivity contribution is -0.384. The molecule has 3 aromatic carbocycles. The monoisotopic (exact) mass is 318 g/mol. The first-order valence-corrected chi connectivity index (χ1v) is 7.72. The van der Waals surface area contributed by atoms with Crippen molar-refractivity contribution < 1.29 is 4.92 Å². The van der Waals surface area contributed by atoms with Gasteiger partial charge in [0.1, 0.15) is 0 Å². The Kier molecular flexibility index (Phi) is 4.29. The van der Waals surface area contributed by atoms with Crippen molar-refractivity contribution in [1.29, 1.82) is 0 Å². The van der Waals surface area contributed by atoms with Gasteiger partial charge in [-0.3, -0.25) is 10.1 Å². The largest absolute Gasteiger partial charge is 0.310 e. The Morgan fingerprint density at radius 2 is 1.25 bits per heavy atom. The molecule has 24 heavy (non-hydrogen) atoms. The van der Waals surface area contributed by atoms with E-state index in [1.165, 1.54) is 17.2 Å². The molecule has 0 spiro atoms. The Bertz CT molecular complexity index is 810. The van der Waals surface area contributed by atoms with Gasteiger partial charge in [0.2, 0.25) is 0 Å². The van der Waals surface area contributed by atoms with Gasteiger partial charge in [-0.15, -0.1) is 0 Å². The number of aryl methyl sites for hydroxylation is 2. The highest BCUT2D eigenvalue weighted by atomic mass is 16.6. The molecule has 4 nitrogen and oxygen atoms in total. The van der Waals surface area contributed by atoms with Crippen LogP contribution in [0.25, 0.3) is 0 Å². The standard InChI is InChI=1S/C20H18N2O2/c1-15-6-10-17(11-7-15)21(18-12-8-16(2)9-13-18)19-4-3-5-20(14-19)22(23)24/h3-14H,1-2H3. The van der Waals surface area contributed by atoms with E-state index in [4.69, 9.17) is 0 Å². The summed E-state index contributed by atoms with van der Waals surface area (Å²) in [7, 11) is 0. The lowest BCUT2D eigenvalue weighted by atomic mass is 10.1. The molecule has 0 radical (unpaired) electrons. The Morgan fingerprint density at radius 1 is 0.750 bits per heavy atom. The fourth-order valence-electron chi connectivity index (χ4n) is 2.58. The Hall–Kier alpha value is -3.14. The van der Waals surface area contributed by atoms with Crippen LogP contribution < -0.4 is 4.90 Å². The summed E-state index contributed by atoms with van der Waals surface area (Å²) in [5.41, 5.74) is 5.10. The minimum Gasteiger partial charge on any atom is -0.310 e. The maximum Gasteiger partial charge on any atom is 0.271 e. The van der Waals surface area contributed by atoms with Crippen LogP contribution in [0.3, 0.4) is 0 Å². The number of rotatable bonds is 4. The predicted octanol–water partition coefficient (Wildman–Crippen LogP) is 5.68. The molecule has 3 aromatic rings. The summed E-state index contributed by atoms with van der Waals surface area (Å²) in [6.45, 7) is 4.07. The summed E-state index contributed by atoms with van der Waals surface area (Å²) in [6.07, 6.45) is 0. The summed E-state index contributed by atoms with van der Waals surface area (Å²) >= 11 is 0. The van der Waals surface area contributed by atoms with E-state index in [9.17, 15) is 10.1 Å². The minimum absolute atomic E-state index is 0.0803. The average molecular weight is 318 g/mol. The molecule has 0 heterocycles. The Balaban J connectivity index is 2.14. The van der Waals surface area contributed by atoms with E-state index in [2.05, 4.69) is 0 Å². The van der Waals surface area contributed by atoms with Gasteiger partial charge >= 0.3 is 0 Å². The third-order valence-corrected chi connectivity index (χ3v) is 3.88. The zero-order valence-electron chi connectivity index (χ0n) is 13.6. The first kappa shape index (κ1) is 15.7. The van der Waals surface area contributed by atoms with Gasteiger partial charge in [-0.1, -0.05) is 41.5 Å². The molecule has 0 amide bonds. The van der Waals surface area contributed by atoms with Crippen LogP contribution in [0.5, 0.6) is 0 Å². The molecule has 0 N–H and O–H groups in total. The zero-order valence-corrected chi connectivity index (χ0v) is 13.6. The number of nitro benzene ring substituents is 1. The molecule has 0 unspecified atom stereocenters. The Morgan fingerprint density at radius 3 is 1.71 bits per heavy atom. The number of non-ortho nitro benzene ring substituents is 1. The van der Waals surface area contributed by atoms with Crippen molar-refractivity contribution in [2.75, 3.05) is 4.90 Å². The van der Waals surface area contributed by atoms with E-state index in [-0.39, 0.29) is 10.6 Å². The van der Waals surface area contributed by atoms with Crippen LogP contribution in [0.1, 0.15) is 11.1 Å². The zero-order chi connectivity index (χ0) is 17.1. The molecule has 0 aliphatic heterocycles. The fraction of sp³-hybridized carbons (Fsp3) is 0.100. The van der Waals surface area contributed by atoms with Crippen molar-refractivity contribution >= 4 is 22.7 Å². The molecule has 0 aliphatic rings. The lowest BCUT2D eigenvalue weighted by Gasteiger charge is -2.25. The first-order valence-electron chi connectivity index (χ1n) is 7.72. The first-order chi connectivity index (χ1) is 11.5. The maximum atomic E-state index is 11.1. The summed E-state index contributed by atoms with van der Waals surface area (Å²) in [6, 6.07) is 22.9. The highest BCUT2D eigenvalue weighted by Crippen LogP contribution is 2.36. The van der Waals surface area contributed by atoms with Crippen LogP contribution in [0, 0.1) is 24.0 Å². The molecule has 0 saturated carbocycles. The summed E-state index contributed by atoms with van der Waals surface area (Å²) in [5, 5.41) is 11.1. The van der Waals surface area contributed by atoms with Gasteiger partial charge < -0.3 is 4.90 Å². The van der Waals surface area contributed by atoms with Gasteiger partial charge in [-0.05, 0) is 44.2 Å². The number of benzene rings is 3. The number of nitrogens with zero attached hydrogens (tertiary/aromatic N) is 2. The molecular formula is C20H18N2O2. The van der Waals surface area contributed by atoms with Crippen molar-refractivity contribution in [2.45, 2.75) is 13.8 Å². The second kappa shape index (κ2) is 6.54. The van der Waals surface area contributed by atoms with Gasteiger partial charge in [0.15, 0.2) is 0 Å². The molecule has 120 valence electrons. The number of hydrogen-bond donors (Lipinski definition) is 0. The van der Waals surface area contributed by atoms with Crippen LogP contribution in [0.15, 0.2) is 72.8 Å². The highest BCUT2D eigenvalue weighted by Gasteiger charge is 2.15. The third kappa shape index (κ3) is 3.27. The SMILES string of the molecule is Cc1ccc(N(c2ccc(C)cc2)c2cccc([N+](=O)[O-])c2)cc1. The fourth-order valence-corrected chi connectivity index (χ4v) is 2.58. The maximum absolute atomic E-state index is 11.1. The van der Waals surface area contributed by atoms with Crippen molar-refractivity contribution in [2.24, 2.45) is 0 Å². The van der Waals surface area contributed by atoms with E-state index < -0.39 is 0 Å². The molecule has 0 fully saturated rings. The highest BCUT2D eigenvalue weighted by molar-refractivity contribution is 5.77. The van der Waals surface area contributed by atoms with E-state index >= 15 is 0 Å². The summed E-state index contributed by atoms with van der Waals surface area (Å²) in [4.78, 5) is 12.8. The molecule has 0 aromatic heterocycles. The molecule has 4 heteroatoms. The van der Waals surface area contributed by atoms with Crippen molar-refractivity contribution in [3.8, 4) is 0 Å². The molecular weight excluding hydrogens is 300 g/mol. The topological polar surface area (TPSA) is 46.4 Å².